The van der Waals surface area contributed by atoms with Crippen molar-refractivity contribution >= 4 is 12.1 Å². The predicted molar refractivity (Wildman–Crippen MR) is 80.5 cm³/mol. The topological polar surface area (TPSA) is 193 Å². The van der Waals surface area contributed by atoms with Crippen molar-refractivity contribution in [1.29, 1.82) is 0 Å². The van der Waals surface area contributed by atoms with E-state index in [-0.39, 0.29) is 19.6 Å². The third kappa shape index (κ3) is 3.98. The van der Waals surface area contributed by atoms with Gasteiger partial charge in [0.1, 0.15) is 24.4 Å². The minimum atomic E-state index is -2.06. The Morgan fingerprint density at radius 2 is 2.31 bits per heavy atom. The largest absolute Gasteiger partial charge is 0.465 e. The molecule has 2 aliphatic rings. The second-order valence-electron chi connectivity index (χ2n) is 5.69. The molecule has 0 aliphatic carbocycles. The number of azide groups is 1. The molecule has 0 radical (unpaired) electrons. The normalized spacial score (nSPS) is 32.5. The van der Waals surface area contributed by atoms with Crippen molar-refractivity contribution in [2.75, 3.05) is 26.9 Å². The first kappa shape index (κ1) is 20.2. The van der Waals surface area contributed by atoms with Crippen LogP contribution in [0.3, 0.4) is 0 Å². The molecule has 0 bridgehead atoms. The molecule has 0 aromatic heterocycles. The van der Waals surface area contributed by atoms with Gasteiger partial charge in [0.2, 0.25) is 0 Å². The lowest BCUT2D eigenvalue weighted by atomic mass is 9.89. The summed E-state index contributed by atoms with van der Waals surface area (Å²) in [7, 11) is 1.09. The molecular formula is C13H20N4O9. The second kappa shape index (κ2) is 8.49. The predicted octanol–water partition coefficient (Wildman–Crippen LogP) is -1.84. The number of fused-ring (bicyclic) bond motifs is 1. The van der Waals surface area contributed by atoms with Gasteiger partial charge in [0.15, 0.2) is 0 Å². The van der Waals surface area contributed by atoms with E-state index in [1.54, 1.807) is 0 Å². The van der Waals surface area contributed by atoms with Crippen molar-refractivity contribution in [2.24, 2.45) is 5.11 Å². The number of hydrogen-bond acceptors (Lipinski definition) is 10. The maximum absolute atomic E-state index is 12.3. The van der Waals surface area contributed by atoms with Crippen LogP contribution < -0.4 is 5.32 Å². The first-order valence-electron chi connectivity index (χ1n) is 7.73. The number of ether oxygens (including phenoxy) is 4. The van der Waals surface area contributed by atoms with E-state index in [9.17, 15) is 19.8 Å². The van der Waals surface area contributed by atoms with Gasteiger partial charge >= 0.3 is 12.1 Å². The first-order valence-corrected chi connectivity index (χ1v) is 7.73. The van der Waals surface area contributed by atoms with E-state index in [4.69, 9.17) is 29.6 Å². The van der Waals surface area contributed by atoms with Crippen LogP contribution in [0.4, 0.5) is 4.79 Å². The molecule has 146 valence electrons. The van der Waals surface area contributed by atoms with Crippen LogP contribution in [0, 0.1) is 0 Å². The van der Waals surface area contributed by atoms with Crippen LogP contribution in [0.2, 0.25) is 0 Å². The maximum atomic E-state index is 12.3. The minimum absolute atomic E-state index is 0.114. The molecule has 6 atom stereocenters. The molecule has 0 aromatic rings. The monoisotopic (exact) mass is 376 g/mol. The smallest absolute Gasteiger partial charge is 0.407 e. The van der Waals surface area contributed by atoms with E-state index < -0.39 is 54.9 Å². The van der Waals surface area contributed by atoms with E-state index >= 15 is 0 Å². The van der Waals surface area contributed by atoms with Gasteiger partial charge in [0.05, 0.1) is 32.8 Å². The molecule has 13 heteroatoms. The Balaban J connectivity index is 2.30. The van der Waals surface area contributed by atoms with Crippen LogP contribution in [0.15, 0.2) is 5.11 Å². The van der Waals surface area contributed by atoms with E-state index in [0.717, 1.165) is 7.11 Å². The molecule has 2 aliphatic heterocycles. The summed E-state index contributed by atoms with van der Waals surface area (Å²) in [4.78, 5) is 26.4. The zero-order chi connectivity index (χ0) is 19.3. The van der Waals surface area contributed by atoms with Crippen LogP contribution in [-0.2, 0) is 23.7 Å². The summed E-state index contributed by atoms with van der Waals surface area (Å²) in [5.41, 5.74) is 8.31. The third-order valence-electron chi connectivity index (χ3n) is 4.10. The molecular weight excluding hydrogens is 356 g/mol. The average Bonchev–Trinajstić information content (AvgIpc) is 3.02. The highest BCUT2D eigenvalue weighted by molar-refractivity contribution is 5.79. The molecule has 2 rings (SSSR count). The van der Waals surface area contributed by atoms with Crippen LogP contribution >= 0.6 is 0 Å². The van der Waals surface area contributed by atoms with E-state index in [2.05, 4.69) is 15.3 Å². The molecule has 0 aromatic carbocycles. The van der Waals surface area contributed by atoms with Crippen molar-refractivity contribution in [2.45, 2.75) is 42.7 Å². The summed E-state index contributed by atoms with van der Waals surface area (Å²) in [5, 5.41) is 34.7. The minimum Gasteiger partial charge on any atom is -0.465 e. The zero-order valence-electron chi connectivity index (χ0n) is 13.8. The van der Waals surface area contributed by atoms with Gasteiger partial charge in [-0.2, -0.15) is 0 Å². The van der Waals surface area contributed by atoms with Gasteiger partial charge in [-0.1, -0.05) is 5.11 Å². The van der Waals surface area contributed by atoms with Gasteiger partial charge < -0.3 is 39.6 Å². The Morgan fingerprint density at radius 1 is 1.58 bits per heavy atom. The highest BCUT2D eigenvalue weighted by atomic mass is 16.7. The van der Waals surface area contributed by atoms with Gasteiger partial charge in [-0.05, 0) is 5.53 Å². The maximum Gasteiger partial charge on any atom is 0.407 e. The van der Waals surface area contributed by atoms with Gasteiger partial charge in [-0.3, -0.25) is 0 Å². The number of amides is 1. The van der Waals surface area contributed by atoms with E-state index in [1.807, 2.05) is 0 Å². The Labute approximate surface area is 147 Å². The van der Waals surface area contributed by atoms with Crippen molar-refractivity contribution in [3.8, 4) is 0 Å². The molecule has 2 heterocycles. The molecule has 26 heavy (non-hydrogen) atoms. The van der Waals surface area contributed by atoms with Gasteiger partial charge in [0, 0.05) is 11.5 Å². The van der Waals surface area contributed by atoms with Crippen LogP contribution in [0.25, 0.3) is 10.4 Å². The Bertz CT molecular complexity index is 584. The van der Waals surface area contributed by atoms with Crippen LogP contribution in [0.1, 0.15) is 6.42 Å². The number of nitrogens with zero attached hydrogens (tertiary/aromatic N) is 3. The number of methoxy groups -OCH3 is 1. The fourth-order valence-electron chi connectivity index (χ4n) is 2.89. The summed E-state index contributed by atoms with van der Waals surface area (Å²) in [5.74, 6) is -3.02. The SMILES string of the molecule is COC(=O)[C@@]1(OCCN=[N+]=[N-])CC2OC(=O)N[C@H]2C([C@H](O)[C@H](O)CO)O1. The number of carbonyl (C=O) groups is 2. The molecule has 4 N–H and O–H groups in total. The molecule has 13 nitrogen and oxygen atoms in total. The lowest BCUT2D eigenvalue weighted by molar-refractivity contribution is -0.306. The molecule has 2 unspecified atom stereocenters. The fourth-order valence-corrected chi connectivity index (χ4v) is 2.89. The number of aliphatic hydroxyl groups is 3. The molecule has 2 saturated heterocycles. The summed E-state index contributed by atoms with van der Waals surface area (Å²) in [6, 6.07) is -0.891. The Morgan fingerprint density at radius 3 is 2.92 bits per heavy atom. The third-order valence-corrected chi connectivity index (χ3v) is 4.10. The first-order chi connectivity index (χ1) is 12.4. The quantitative estimate of drug-likeness (QED) is 0.124. The van der Waals surface area contributed by atoms with Gasteiger partial charge in [-0.25, -0.2) is 9.59 Å². The van der Waals surface area contributed by atoms with Gasteiger partial charge in [0.25, 0.3) is 5.79 Å². The zero-order valence-corrected chi connectivity index (χ0v) is 13.8. The number of aliphatic hydroxyl groups excluding tert-OH is 3. The Hall–Kier alpha value is -2.15. The summed E-state index contributed by atoms with van der Waals surface area (Å²) >= 11 is 0. The van der Waals surface area contributed by atoms with E-state index in [1.165, 1.54) is 0 Å². The van der Waals surface area contributed by atoms with E-state index in [0.29, 0.717) is 0 Å². The number of rotatable bonds is 8. The van der Waals surface area contributed by atoms with Crippen molar-refractivity contribution in [1.82, 2.24) is 5.32 Å². The molecule has 1 amide bonds. The summed E-state index contributed by atoms with van der Waals surface area (Å²) < 4.78 is 20.8. The highest BCUT2D eigenvalue weighted by Gasteiger charge is 2.59. The van der Waals surface area contributed by atoms with Crippen LogP contribution in [-0.4, -0.2) is 90.5 Å². The summed E-state index contributed by atoms with van der Waals surface area (Å²) in [6.45, 7) is -1.11. The number of esters is 1. The number of hydrogen-bond donors (Lipinski definition) is 4. The molecule has 2 fully saturated rings. The second-order valence-corrected chi connectivity index (χ2v) is 5.69. The Kier molecular flexibility index (Phi) is 6.58. The van der Waals surface area contributed by atoms with Crippen molar-refractivity contribution < 1.29 is 43.9 Å². The number of nitrogens with one attached hydrogen (secondary N) is 1. The highest BCUT2D eigenvalue weighted by Crippen LogP contribution is 2.37. The standard InChI is InChI=1S/C13H20N4O9/c1-23-11(21)13(24-3-2-15-17-14)4-7-8(16-12(22)25-7)10(26-13)9(20)6(19)5-18/h6-10,18-20H,2-5H2,1H3,(H,16,22)/t6-,7?,8-,9-,10?,13-/m1/s1. The molecule has 0 spiro atoms. The lowest BCUT2D eigenvalue weighted by Gasteiger charge is -2.44. The summed E-state index contributed by atoms with van der Waals surface area (Å²) in [6.07, 6.45) is -6.60. The number of alkyl carbamates (subject to hydrolysis) is 1. The fraction of sp³-hybridized carbons (Fsp3) is 0.846. The lowest BCUT2D eigenvalue weighted by Crippen LogP contribution is -2.65. The average molecular weight is 376 g/mol. The van der Waals surface area contributed by atoms with Crippen molar-refractivity contribution in [3.63, 3.8) is 0 Å². The molecule has 0 saturated carbocycles. The van der Waals surface area contributed by atoms with Crippen LogP contribution in [0.5, 0.6) is 0 Å². The van der Waals surface area contributed by atoms with Crippen molar-refractivity contribution in [3.05, 3.63) is 10.4 Å². The van der Waals surface area contributed by atoms with Gasteiger partial charge in [-0.15, -0.1) is 0 Å². The number of carbonyl (C=O) groups excluding carboxylic acids is 2.